The van der Waals surface area contributed by atoms with Crippen molar-refractivity contribution in [3.63, 3.8) is 0 Å². The van der Waals surface area contributed by atoms with Crippen LogP contribution in [0.2, 0.25) is 0 Å². The molecule has 5 heteroatoms. The van der Waals surface area contributed by atoms with Gasteiger partial charge in [0.2, 0.25) is 0 Å². The van der Waals surface area contributed by atoms with Gasteiger partial charge in [-0.3, -0.25) is 14.7 Å². The van der Waals surface area contributed by atoms with Crippen LogP contribution < -0.4 is 0 Å². The van der Waals surface area contributed by atoms with Crippen molar-refractivity contribution in [3.05, 3.63) is 42.2 Å². The van der Waals surface area contributed by atoms with Crippen LogP contribution in [0.3, 0.4) is 0 Å². The average molecular weight is 286 g/mol. The molecule has 1 saturated heterocycles. The molecule has 0 amide bonds. The Hall–Kier alpha value is -1.98. The van der Waals surface area contributed by atoms with Crippen molar-refractivity contribution >= 4 is 16.7 Å². The van der Waals surface area contributed by atoms with E-state index in [0.29, 0.717) is 13.2 Å². The Kier molecular flexibility index (Phi) is 3.86. The number of fused-ring (bicyclic) bond motifs is 1. The molecule has 1 fully saturated rings. The molecule has 1 N–H and O–H groups in total. The van der Waals surface area contributed by atoms with Gasteiger partial charge in [0, 0.05) is 30.4 Å². The molecule has 2 aromatic rings. The molecule has 1 aliphatic rings. The first-order valence-corrected chi connectivity index (χ1v) is 6.99. The molecule has 2 unspecified atom stereocenters. The third kappa shape index (κ3) is 2.75. The summed E-state index contributed by atoms with van der Waals surface area (Å²) in [6, 6.07) is 8.00. The predicted molar refractivity (Wildman–Crippen MR) is 78.9 cm³/mol. The highest BCUT2D eigenvalue weighted by Gasteiger charge is 2.36. The molecule has 2 heterocycles. The maximum Gasteiger partial charge on any atom is 0.310 e. The zero-order chi connectivity index (χ0) is 14.8. The quantitative estimate of drug-likeness (QED) is 0.928. The Bertz CT molecular complexity index is 654. The minimum atomic E-state index is -0.791. The smallest absolute Gasteiger partial charge is 0.310 e. The van der Waals surface area contributed by atoms with E-state index in [1.165, 1.54) is 0 Å². The van der Waals surface area contributed by atoms with Crippen LogP contribution in [0, 0.1) is 5.92 Å². The Balaban J connectivity index is 1.83. The first kappa shape index (κ1) is 14.0. The van der Waals surface area contributed by atoms with E-state index in [4.69, 9.17) is 4.74 Å². The lowest BCUT2D eigenvalue weighted by atomic mass is 10.0. The fourth-order valence-corrected chi connectivity index (χ4v) is 2.90. The number of aromatic nitrogens is 1. The summed E-state index contributed by atoms with van der Waals surface area (Å²) < 4.78 is 5.34. The maximum absolute atomic E-state index is 11.3. The molecular weight excluding hydrogens is 268 g/mol. The van der Waals surface area contributed by atoms with Gasteiger partial charge in [0.1, 0.15) is 0 Å². The molecule has 1 aliphatic heterocycles. The Morgan fingerprint density at radius 3 is 3.00 bits per heavy atom. The van der Waals surface area contributed by atoms with Gasteiger partial charge in [-0.25, -0.2) is 0 Å². The maximum atomic E-state index is 11.3. The van der Waals surface area contributed by atoms with Gasteiger partial charge in [0.15, 0.2) is 0 Å². The van der Waals surface area contributed by atoms with Crippen molar-refractivity contribution < 1.29 is 14.6 Å². The molecule has 2 atom stereocenters. The van der Waals surface area contributed by atoms with Gasteiger partial charge in [-0.2, -0.15) is 0 Å². The van der Waals surface area contributed by atoms with Gasteiger partial charge < -0.3 is 9.84 Å². The summed E-state index contributed by atoms with van der Waals surface area (Å²) in [5, 5.41) is 11.5. The minimum Gasteiger partial charge on any atom is -0.481 e. The fourth-order valence-electron chi connectivity index (χ4n) is 2.90. The molecule has 5 nitrogen and oxygen atoms in total. The van der Waals surface area contributed by atoms with Gasteiger partial charge in [0.05, 0.1) is 19.1 Å². The van der Waals surface area contributed by atoms with Crippen molar-refractivity contribution in [1.82, 2.24) is 9.88 Å². The van der Waals surface area contributed by atoms with Crippen molar-refractivity contribution in [1.29, 1.82) is 0 Å². The number of rotatable bonds is 4. The number of hydrogen-bond acceptors (Lipinski definition) is 4. The predicted octanol–water partition coefficient (Wildman–Crippen LogP) is 1.77. The molecule has 110 valence electrons. The number of aliphatic carboxylic acids is 1. The summed E-state index contributed by atoms with van der Waals surface area (Å²) in [6.45, 7) is 1.41. The van der Waals surface area contributed by atoms with E-state index in [1.807, 2.05) is 37.6 Å². The zero-order valence-corrected chi connectivity index (χ0v) is 11.9. The largest absolute Gasteiger partial charge is 0.481 e. The summed E-state index contributed by atoms with van der Waals surface area (Å²) in [7, 11) is 1.94. The second-order valence-corrected chi connectivity index (χ2v) is 5.48. The zero-order valence-electron chi connectivity index (χ0n) is 11.9. The number of benzene rings is 1. The lowest BCUT2D eigenvalue weighted by Gasteiger charge is -2.26. The Labute approximate surface area is 123 Å². The highest BCUT2D eigenvalue weighted by Crippen LogP contribution is 2.23. The van der Waals surface area contributed by atoms with Gasteiger partial charge >= 0.3 is 5.97 Å². The number of likely N-dealkylation sites (N-methyl/N-ethyl adjacent to an activating group) is 1. The van der Waals surface area contributed by atoms with Crippen LogP contribution in [0.15, 0.2) is 36.7 Å². The van der Waals surface area contributed by atoms with Crippen LogP contribution in [0.25, 0.3) is 10.8 Å². The summed E-state index contributed by atoms with van der Waals surface area (Å²) in [5.74, 6) is -1.25. The first-order chi connectivity index (χ1) is 10.2. The van der Waals surface area contributed by atoms with Crippen molar-refractivity contribution in [2.75, 3.05) is 20.3 Å². The minimum absolute atomic E-state index is 0.0959. The fraction of sp³-hybridized carbons (Fsp3) is 0.375. The Morgan fingerprint density at radius 2 is 2.19 bits per heavy atom. The molecule has 0 bridgehead atoms. The number of nitrogens with zero attached hydrogens (tertiary/aromatic N) is 2. The Morgan fingerprint density at radius 1 is 1.38 bits per heavy atom. The summed E-state index contributed by atoms with van der Waals surface area (Å²) in [4.78, 5) is 17.6. The van der Waals surface area contributed by atoms with Gasteiger partial charge in [-0.1, -0.05) is 24.3 Å². The molecule has 0 spiro atoms. The highest BCUT2D eigenvalue weighted by atomic mass is 16.5. The van der Waals surface area contributed by atoms with E-state index in [1.54, 1.807) is 0 Å². The monoisotopic (exact) mass is 286 g/mol. The third-order valence-corrected chi connectivity index (χ3v) is 4.10. The standard InChI is InChI=1S/C16H18N2O3/c1-18(15-10-21-9-14(15)16(19)20)8-12-7-17-6-11-4-2-3-5-13(11)12/h2-7,14-15H,8-10H2,1H3,(H,19,20). The molecule has 0 radical (unpaired) electrons. The lowest BCUT2D eigenvalue weighted by Crippen LogP contribution is -2.40. The van der Waals surface area contributed by atoms with E-state index in [9.17, 15) is 9.90 Å². The average Bonchev–Trinajstić information content (AvgIpc) is 2.97. The number of carboxylic acids is 1. The van der Waals surface area contributed by atoms with Crippen LogP contribution in [0.5, 0.6) is 0 Å². The van der Waals surface area contributed by atoms with Crippen molar-refractivity contribution in [3.8, 4) is 0 Å². The van der Waals surface area contributed by atoms with E-state index < -0.39 is 11.9 Å². The van der Waals surface area contributed by atoms with Crippen LogP contribution in [-0.2, 0) is 16.1 Å². The van der Waals surface area contributed by atoms with E-state index in [-0.39, 0.29) is 12.6 Å². The van der Waals surface area contributed by atoms with Gasteiger partial charge in [0.25, 0.3) is 0 Å². The molecule has 0 aliphatic carbocycles. The number of carbonyl (C=O) groups is 1. The van der Waals surface area contributed by atoms with Crippen LogP contribution in [0.4, 0.5) is 0 Å². The number of pyridine rings is 1. The third-order valence-electron chi connectivity index (χ3n) is 4.10. The number of carboxylic acid groups (broad SMARTS) is 1. The molecule has 0 saturated carbocycles. The SMILES string of the molecule is CN(Cc1cncc2ccccc12)C1COCC1C(=O)O. The van der Waals surface area contributed by atoms with E-state index >= 15 is 0 Å². The molecular formula is C16H18N2O3. The van der Waals surface area contributed by atoms with Crippen molar-refractivity contribution in [2.24, 2.45) is 5.92 Å². The van der Waals surface area contributed by atoms with Gasteiger partial charge in [-0.15, -0.1) is 0 Å². The number of hydrogen-bond donors (Lipinski definition) is 1. The van der Waals surface area contributed by atoms with Crippen LogP contribution >= 0.6 is 0 Å². The molecule has 3 rings (SSSR count). The normalized spacial score (nSPS) is 22.0. The second-order valence-electron chi connectivity index (χ2n) is 5.48. The highest BCUT2D eigenvalue weighted by molar-refractivity contribution is 5.84. The van der Waals surface area contributed by atoms with Crippen LogP contribution in [-0.4, -0.2) is 47.3 Å². The van der Waals surface area contributed by atoms with Crippen molar-refractivity contribution in [2.45, 2.75) is 12.6 Å². The summed E-state index contributed by atoms with van der Waals surface area (Å²) in [5.41, 5.74) is 1.10. The molecule has 1 aromatic carbocycles. The lowest BCUT2D eigenvalue weighted by molar-refractivity contribution is -0.143. The van der Waals surface area contributed by atoms with Crippen LogP contribution in [0.1, 0.15) is 5.56 Å². The summed E-state index contributed by atoms with van der Waals surface area (Å²) >= 11 is 0. The van der Waals surface area contributed by atoms with E-state index in [0.717, 1.165) is 16.3 Å². The second kappa shape index (κ2) is 5.79. The first-order valence-electron chi connectivity index (χ1n) is 6.99. The van der Waals surface area contributed by atoms with E-state index in [2.05, 4.69) is 16.0 Å². The van der Waals surface area contributed by atoms with Gasteiger partial charge in [-0.05, 0) is 18.0 Å². The molecule has 1 aromatic heterocycles. The molecule has 21 heavy (non-hydrogen) atoms. The topological polar surface area (TPSA) is 62.7 Å². The number of ether oxygens (including phenoxy) is 1. The summed E-state index contributed by atoms with van der Waals surface area (Å²) in [6.07, 6.45) is 3.70.